The van der Waals surface area contributed by atoms with Gasteiger partial charge in [-0.05, 0) is 50.9 Å². The largest absolute Gasteiger partial charge is 0.370 e. The maximum atomic E-state index is 6.08. The van der Waals surface area contributed by atoms with E-state index in [0.717, 1.165) is 19.6 Å². The molecule has 126 valence electrons. The second-order valence-corrected chi connectivity index (χ2v) is 8.15. The van der Waals surface area contributed by atoms with Crippen molar-refractivity contribution >= 4 is 17.7 Å². The Balaban J connectivity index is 1.45. The molecule has 3 N–H and O–H groups in total. The maximum absolute atomic E-state index is 6.08. The first-order valence-corrected chi connectivity index (χ1v) is 9.54. The summed E-state index contributed by atoms with van der Waals surface area (Å²) in [7, 11) is 0. The van der Waals surface area contributed by atoms with Crippen molar-refractivity contribution in [2.45, 2.75) is 48.3 Å². The molecule has 5 heteroatoms. The number of guanidine groups is 1. The fraction of sp³-hybridized carbons (Fsp3) is 0.611. The van der Waals surface area contributed by atoms with Crippen molar-refractivity contribution in [1.29, 1.82) is 0 Å². The quantitative estimate of drug-likeness (QED) is 0.595. The summed E-state index contributed by atoms with van der Waals surface area (Å²) in [6.07, 6.45) is 5.03. The number of aliphatic imine (C=N–C) groups is 1. The lowest BCUT2D eigenvalue weighted by molar-refractivity contribution is 0.267. The summed E-state index contributed by atoms with van der Waals surface area (Å²) in [5.41, 5.74) is 6.08. The zero-order valence-electron chi connectivity index (χ0n) is 14.0. The monoisotopic (exact) mass is 332 g/mol. The van der Waals surface area contributed by atoms with Gasteiger partial charge in [0.25, 0.3) is 0 Å². The van der Waals surface area contributed by atoms with E-state index in [0.29, 0.717) is 12.0 Å². The van der Waals surface area contributed by atoms with Gasteiger partial charge in [-0.3, -0.25) is 9.89 Å². The number of rotatable bonds is 7. The van der Waals surface area contributed by atoms with Crippen LogP contribution in [0.5, 0.6) is 0 Å². The molecule has 1 aromatic rings. The molecule has 1 unspecified atom stereocenters. The van der Waals surface area contributed by atoms with Crippen molar-refractivity contribution in [1.82, 2.24) is 10.2 Å². The summed E-state index contributed by atoms with van der Waals surface area (Å²) in [4.78, 5) is 8.46. The predicted octanol–water partition coefficient (Wildman–Crippen LogP) is 2.70. The molecule has 0 amide bonds. The van der Waals surface area contributed by atoms with Crippen LogP contribution < -0.4 is 11.1 Å². The van der Waals surface area contributed by atoms with Crippen molar-refractivity contribution in [3.05, 3.63) is 30.3 Å². The zero-order chi connectivity index (χ0) is 16.1. The van der Waals surface area contributed by atoms with Gasteiger partial charge in [0.05, 0.1) is 6.54 Å². The third-order valence-corrected chi connectivity index (χ3v) is 6.33. The normalized spacial score (nSPS) is 23.9. The van der Waals surface area contributed by atoms with Gasteiger partial charge in [0, 0.05) is 22.2 Å². The Bertz CT molecular complexity index is 527. The fourth-order valence-corrected chi connectivity index (χ4v) is 4.45. The highest BCUT2D eigenvalue weighted by Crippen LogP contribution is 2.51. The minimum Gasteiger partial charge on any atom is -0.370 e. The molecule has 1 heterocycles. The average molecular weight is 333 g/mol. The molecule has 0 aromatic heterocycles. The number of benzene rings is 1. The number of nitrogens with one attached hydrogen (secondary N) is 1. The molecule has 2 fully saturated rings. The summed E-state index contributed by atoms with van der Waals surface area (Å²) in [5, 5.41) is 3.33. The van der Waals surface area contributed by atoms with E-state index in [1.165, 1.54) is 37.1 Å². The molecule has 4 nitrogen and oxygen atoms in total. The van der Waals surface area contributed by atoms with E-state index in [1.807, 2.05) is 11.8 Å². The smallest absolute Gasteiger partial charge is 0.188 e. The standard InChI is InChI=1S/C18H28N4S/c1-2-22-12-6-7-15(22)13-20-17(19)21-14-18(10-11-18)23-16-8-4-3-5-9-16/h3-5,8-9,15H,2,6-7,10-14H2,1H3,(H3,19,20,21). The fourth-order valence-electron chi connectivity index (χ4n) is 3.22. The molecule has 1 saturated carbocycles. The van der Waals surface area contributed by atoms with Gasteiger partial charge < -0.3 is 11.1 Å². The first-order chi connectivity index (χ1) is 11.2. The maximum Gasteiger partial charge on any atom is 0.188 e. The van der Waals surface area contributed by atoms with Crippen molar-refractivity contribution in [2.24, 2.45) is 10.7 Å². The number of hydrogen-bond donors (Lipinski definition) is 2. The first-order valence-electron chi connectivity index (χ1n) is 8.73. The number of nitrogens with two attached hydrogens (primary N) is 1. The Morgan fingerprint density at radius 2 is 2.17 bits per heavy atom. The minimum absolute atomic E-state index is 0.274. The SMILES string of the molecule is CCN1CCCC1CNC(N)=NCC1(Sc2ccccc2)CC1. The molecule has 1 aliphatic heterocycles. The highest BCUT2D eigenvalue weighted by molar-refractivity contribution is 8.01. The molecular formula is C18H28N4S. The topological polar surface area (TPSA) is 53.6 Å². The summed E-state index contributed by atoms with van der Waals surface area (Å²) < 4.78 is 0.274. The molecule has 23 heavy (non-hydrogen) atoms. The van der Waals surface area contributed by atoms with Crippen LogP contribution in [-0.4, -0.2) is 47.8 Å². The van der Waals surface area contributed by atoms with Crippen molar-refractivity contribution in [2.75, 3.05) is 26.2 Å². The molecule has 0 spiro atoms. The summed E-state index contributed by atoms with van der Waals surface area (Å²) in [6.45, 7) is 6.31. The summed E-state index contributed by atoms with van der Waals surface area (Å²) >= 11 is 1.95. The van der Waals surface area contributed by atoms with E-state index >= 15 is 0 Å². The Kier molecular flexibility index (Phi) is 5.49. The van der Waals surface area contributed by atoms with E-state index in [9.17, 15) is 0 Å². The predicted molar refractivity (Wildman–Crippen MR) is 99.0 cm³/mol. The number of likely N-dealkylation sites (N-methyl/N-ethyl adjacent to an activating group) is 1. The second kappa shape index (κ2) is 7.58. The summed E-state index contributed by atoms with van der Waals surface area (Å²) in [5.74, 6) is 0.605. The molecule has 1 aliphatic carbocycles. The Morgan fingerprint density at radius 1 is 1.39 bits per heavy atom. The molecule has 1 aromatic carbocycles. The highest BCUT2D eigenvalue weighted by Gasteiger charge is 2.43. The molecule has 0 bridgehead atoms. The van der Waals surface area contributed by atoms with Gasteiger partial charge in [0.2, 0.25) is 0 Å². The Labute approximate surface area is 143 Å². The Morgan fingerprint density at radius 3 is 2.87 bits per heavy atom. The Hall–Kier alpha value is -1.20. The lowest BCUT2D eigenvalue weighted by Crippen LogP contribution is -2.43. The van der Waals surface area contributed by atoms with Gasteiger partial charge >= 0.3 is 0 Å². The highest BCUT2D eigenvalue weighted by atomic mass is 32.2. The van der Waals surface area contributed by atoms with Crippen molar-refractivity contribution < 1.29 is 0 Å². The van der Waals surface area contributed by atoms with Crippen LogP contribution >= 0.6 is 11.8 Å². The van der Waals surface area contributed by atoms with Crippen LogP contribution in [0.4, 0.5) is 0 Å². The van der Waals surface area contributed by atoms with Gasteiger partial charge in [-0.2, -0.15) is 0 Å². The molecule has 0 radical (unpaired) electrons. The zero-order valence-corrected chi connectivity index (χ0v) is 14.8. The number of likely N-dealkylation sites (tertiary alicyclic amines) is 1. The van der Waals surface area contributed by atoms with E-state index < -0.39 is 0 Å². The summed E-state index contributed by atoms with van der Waals surface area (Å²) in [6, 6.07) is 11.2. The number of hydrogen-bond acceptors (Lipinski definition) is 3. The molecule has 1 atom stereocenters. The number of nitrogens with zero attached hydrogens (tertiary/aromatic N) is 2. The van der Waals surface area contributed by atoms with Gasteiger partial charge in [-0.15, -0.1) is 11.8 Å². The molecule has 2 aliphatic rings. The van der Waals surface area contributed by atoms with Crippen LogP contribution in [0.3, 0.4) is 0 Å². The minimum atomic E-state index is 0.274. The molecule has 1 saturated heterocycles. The molecular weight excluding hydrogens is 304 g/mol. The second-order valence-electron chi connectivity index (χ2n) is 6.61. The van der Waals surface area contributed by atoms with Crippen LogP contribution in [0.2, 0.25) is 0 Å². The molecule has 3 rings (SSSR count). The third kappa shape index (κ3) is 4.64. The van der Waals surface area contributed by atoms with E-state index in [2.05, 4.69) is 52.5 Å². The first kappa shape index (κ1) is 16.7. The van der Waals surface area contributed by atoms with E-state index in [-0.39, 0.29) is 4.75 Å². The van der Waals surface area contributed by atoms with Crippen LogP contribution in [0.1, 0.15) is 32.6 Å². The van der Waals surface area contributed by atoms with Gasteiger partial charge in [0.15, 0.2) is 5.96 Å². The van der Waals surface area contributed by atoms with Crippen molar-refractivity contribution in [3.63, 3.8) is 0 Å². The van der Waals surface area contributed by atoms with E-state index in [1.54, 1.807) is 0 Å². The van der Waals surface area contributed by atoms with Crippen LogP contribution in [-0.2, 0) is 0 Å². The number of thioether (sulfide) groups is 1. The lowest BCUT2D eigenvalue weighted by atomic mass is 10.2. The van der Waals surface area contributed by atoms with Gasteiger partial charge in [-0.1, -0.05) is 25.1 Å². The van der Waals surface area contributed by atoms with Crippen LogP contribution in [0.15, 0.2) is 40.2 Å². The van der Waals surface area contributed by atoms with Gasteiger partial charge in [0.1, 0.15) is 0 Å². The lowest BCUT2D eigenvalue weighted by Gasteiger charge is -2.23. The van der Waals surface area contributed by atoms with E-state index in [4.69, 9.17) is 5.73 Å². The van der Waals surface area contributed by atoms with Crippen LogP contribution in [0.25, 0.3) is 0 Å². The average Bonchev–Trinajstić information content (AvgIpc) is 3.18. The third-order valence-electron chi connectivity index (χ3n) is 4.85. The van der Waals surface area contributed by atoms with Crippen molar-refractivity contribution in [3.8, 4) is 0 Å². The van der Waals surface area contributed by atoms with Crippen LogP contribution in [0, 0.1) is 0 Å². The van der Waals surface area contributed by atoms with Gasteiger partial charge in [-0.25, -0.2) is 0 Å².